The Labute approximate surface area is 251 Å². The second-order valence-electron chi connectivity index (χ2n) is 6.24. The molecule has 2 aliphatic heterocycles. The maximum absolute atomic E-state index is 12.8. The first-order valence-electron chi connectivity index (χ1n) is 7.83. The normalized spacial score (nSPS) is 15.8. The molecule has 0 saturated carbocycles. The van der Waals surface area contributed by atoms with Gasteiger partial charge in [-0.2, -0.15) is 0 Å². The highest BCUT2D eigenvalue weighted by molar-refractivity contribution is 14.3. The van der Waals surface area contributed by atoms with Crippen LogP contribution in [0.15, 0.2) is 24.3 Å². The van der Waals surface area contributed by atoms with Crippen molar-refractivity contribution in [3.05, 3.63) is 57.6 Å². The van der Waals surface area contributed by atoms with Crippen molar-refractivity contribution >= 4 is 159 Å². The number of hydrogen-bond donors (Lipinski definition) is 0. The minimum Gasteiger partial charge on any atom is -0.386 e. The molecule has 4 rings (SSSR count). The van der Waals surface area contributed by atoms with E-state index in [9.17, 15) is 19.2 Å². The summed E-state index contributed by atoms with van der Waals surface area (Å²) in [5.74, 6) is -3.86. The lowest BCUT2D eigenvalue weighted by molar-refractivity contribution is 0.0334. The van der Waals surface area contributed by atoms with Crippen LogP contribution in [0.3, 0.4) is 0 Å². The molecule has 0 aliphatic carbocycles. The molecule has 0 aromatic heterocycles. The molecule has 0 saturated heterocycles. The second-order valence-corrected chi connectivity index (χ2v) is 28.3. The summed E-state index contributed by atoms with van der Waals surface area (Å²) in [4.78, 5) is 51.1. The van der Waals surface area contributed by atoms with E-state index in [-0.39, 0.29) is 22.3 Å². The van der Waals surface area contributed by atoms with E-state index in [4.69, 9.17) is 9.47 Å². The van der Waals surface area contributed by atoms with Crippen LogP contribution in [0.5, 0.6) is 0 Å². The van der Waals surface area contributed by atoms with Gasteiger partial charge in [0, 0.05) is 0 Å². The molecule has 0 unspecified atom stereocenters. The van der Waals surface area contributed by atoms with Gasteiger partial charge >= 0.3 is 23.9 Å². The lowest BCUT2D eigenvalue weighted by Gasteiger charge is -2.24. The predicted octanol–water partition coefficient (Wildman–Crippen LogP) is 6.81. The number of carbonyl (C=O) groups excluding carboxylic acids is 4. The fraction of sp³-hybridized carbons (Fsp3) is 0.111. The van der Waals surface area contributed by atoms with E-state index >= 15 is 0 Å². The van der Waals surface area contributed by atoms with Crippen LogP contribution in [0, 0.1) is 0 Å². The van der Waals surface area contributed by atoms with Crippen molar-refractivity contribution in [3.8, 4) is 11.1 Å². The van der Waals surface area contributed by atoms with E-state index in [1.165, 1.54) is 0 Å². The zero-order valence-electron chi connectivity index (χ0n) is 14.0. The number of cyclic esters (lactones) is 2. The maximum atomic E-state index is 12.8. The number of hydrogen-bond acceptors (Lipinski definition) is 6. The molecule has 6 nitrogen and oxygen atoms in total. The Hall–Kier alpha value is 1.10. The quantitative estimate of drug-likeness (QED) is 0.143. The minimum absolute atomic E-state index is 0.119. The lowest BCUT2D eigenvalue weighted by atomic mass is 9.90. The van der Waals surface area contributed by atoms with Gasteiger partial charge in [-0.1, -0.05) is 0 Å². The first kappa shape index (κ1) is 24.2. The SMILES string of the molecule is O=C1OC(=O)c2cc3c(C(I)(I)I)cc2C(=O)OC(=O)c2cc(C(I)(I)I)c-3cc21. The number of esters is 4. The highest BCUT2D eigenvalue weighted by Gasteiger charge is 2.39. The van der Waals surface area contributed by atoms with Crippen LogP contribution in [0.4, 0.5) is 0 Å². The Balaban J connectivity index is 2.30. The number of rotatable bonds is 2. The second kappa shape index (κ2) is 8.40. The first-order chi connectivity index (χ1) is 13.8. The molecule has 0 atom stereocenters. The largest absolute Gasteiger partial charge is 0.386 e. The van der Waals surface area contributed by atoms with Crippen molar-refractivity contribution in [1.82, 2.24) is 0 Å². The Bertz CT molecular complexity index is 1100. The standard InChI is InChI=1S/C18H4I6O6/c19-17(20,21)11-3-9-7-1-5(11)6-2-8(14(26)29-13(7)25)10(16(28)30-15(9)27)4-12(6)18(22,23)24/h1-4H. The van der Waals surface area contributed by atoms with Crippen molar-refractivity contribution in [3.63, 3.8) is 0 Å². The van der Waals surface area contributed by atoms with Crippen molar-refractivity contribution in [2.24, 2.45) is 0 Å². The molecule has 2 aliphatic rings. The summed E-state index contributed by atoms with van der Waals surface area (Å²) in [5, 5.41) is 0. The molecule has 30 heavy (non-hydrogen) atoms. The van der Waals surface area contributed by atoms with Crippen LogP contribution < -0.4 is 0 Å². The van der Waals surface area contributed by atoms with Crippen molar-refractivity contribution in [2.75, 3.05) is 0 Å². The highest BCUT2D eigenvalue weighted by Crippen LogP contribution is 2.55. The van der Waals surface area contributed by atoms with Gasteiger partial charge < -0.3 is 9.47 Å². The van der Waals surface area contributed by atoms with E-state index in [1.54, 1.807) is 24.3 Å². The zero-order chi connectivity index (χ0) is 22.2. The van der Waals surface area contributed by atoms with E-state index in [0.717, 1.165) is 11.1 Å². The van der Waals surface area contributed by atoms with Crippen molar-refractivity contribution in [1.29, 1.82) is 0 Å². The molecule has 2 aromatic carbocycles. The average Bonchev–Trinajstić information content (AvgIpc) is 2.65. The summed E-state index contributed by atoms with van der Waals surface area (Å²) >= 11 is 13.3. The van der Waals surface area contributed by atoms with E-state index in [2.05, 4.69) is 136 Å². The van der Waals surface area contributed by atoms with Gasteiger partial charge in [-0.15, -0.1) is 0 Å². The topological polar surface area (TPSA) is 86.7 Å². The molecule has 4 bridgehead atoms. The maximum Gasteiger partial charge on any atom is 0.346 e. The van der Waals surface area contributed by atoms with Gasteiger partial charge in [0.2, 0.25) is 0 Å². The highest BCUT2D eigenvalue weighted by atomic mass is 127. The number of alkyl halides is 6. The third-order valence-corrected chi connectivity index (χ3v) is 7.95. The third-order valence-electron chi connectivity index (χ3n) is 4.47. The average molecular weight is 1080 g/mol. The Morgan fingerprint density at radius 3 is 1.00 bits per heavy atom. The molecule has 0 radical (unpaired) electrons. The number of carbonyl (C=O) groups is 4. The molecule has 0 N–H and O–H groups in total. The molecule has 0 fully saturated rings. The first-order valence-corrected chi connectivity index (χ1v) is 14.3. The van der Waals surface area contributed by atoms with E-state index in [0.29, 0.717) is 11.1 Å². The lowest BCUT2D eigenvalue weighted by Crippen LogP contribution is -2.24. The van der Waals surface area contributed by atoms with Gasteiger partial charge in [0.05, 0.1) is 22.3 Å². The number of halogens is 6. The summed E-state index contributed by atoms with van der Waals surface area (Å²) in [7, 11) is 0. The summed E-state index contributed by atoms with van der Waals surface area (Å²) < 4.78 is 9.08. The summed E-state index contributed by atoms with van der Waals surface area (Å²) in [5.41, 5.74) is 2.36. The molecule has 0 spiro atoms. The van der Waals surface area contributed by atoms with Crippen molar-refractivity contribution < 1.29 is 28.7 Å². The molecule has 12 heteroatoms. The fourth-order valence-electron chi connectivity index (χ4n) is 3.18. The van der Waals surface area contributed by atoms with Gasteiger partial charge in [0.15, 0.2) is 0 Å². The molecular weight excluding hydrogens is 1070 g/mol. The number of ether oxygens (including phenoxy) is 2. The van der Waals surface area contributed by atoms with Gasteiger partial charge in [-0.3, -0.25) is 0 Å². The fourth-order valence-corrected chi connectivity index (χ4v) is 5.86. The van der Waals surface area contributed by atoms with Crippen LogP contribution in [0.25, 0.3) is 11.1 Å². The van der Waals surface area contributed by atoms with Crippen LogP contribution >= 0.6 is 136 Å². The van der Waals surface area contributed by atoms with E-state index in [1.807, 2.05) is 0 Å². The Kier molecular flexibility index (Phi) is 6.78. The predicted molar refractivity (Wildman–Crippen MR) is 159 cm³/mol. The van der Waals surface area contributed by atoms with Crippen LogP contribution in [0.2, 0.25) is 0 Å². The van der Waals surface area contributed by atoms with Crippen LogP contribution in [0.1, 0.15) is 52.6 Å². The molecule has 0 amide bonds. The van der Waals surface area contributed by atoms with Gasteiger partial charge in [-0.25, -0.2) is 19.2 Å². The summed E-state index contributed by atoms with van der Waals surface area (Å²) in [6.07, 6.45) is 0. The molecule has 154 valence electrons. The van der Waals surface area contributed by atoms with Crippen LogP contribution in [-0.2, 0) is 8.34 Å². The van der Waals surface area contributed by atoms with E-state index < -0.39 is 22.7 Å². The summed E-state index contributed by atoms with van der Waals surface area (Å²) in [6.45, 7) is 0. The molecule has 2 heterocycles. The molecule has 2 aromatic rings. The Morgan fingerprint density at radius 1 is 0.467 bits per heavy atom. The zero-order valence-corrected chi connectivity index (χ0v) is 27.0. The Morgan fingerprint density at radius 2 is 0.733 bits per heavy atom. The summed E-state index contributed by atoms with van der Waals surface area (Å²) in [6, 6.07) is 6.18. The monoisotopic (exact) mass is 1080 g/mol. The molecular formula is C18H4I6O6. The number of benzene rings is 2. The van der Waals surface area contributed by atoms with Crippen LogP contribution in [-0.4, -0.2) is 23.9 Å². The third kappa shape index (κ3) is 4.30. The van der Waals surface area contributed by atoms with Gasteiger partial charge in [0.25, 0.3) is 0 Å². The van der Waals surface area contributed by atoms with Gasteiger partial charge in [-0.05, 0) is 182 Å². The minimum atomic E-state index is -0.968. The van der Waals surface area contributed by atoms with Gasteiger partial charge in [0.1, 0.15) is -1.13 Å². The number of fused-ring (bicyclic) bond motifs is 5. The smallest absolute Gasteiger partial charge is 0.346 e. The van der Waals surface area contributed by atoms with Crippen molar-refractivity contribution in [2.45, 2.75) is -1.13 Å².